The largest absolute Gasteiger partial charge is 0.458 e. The normalized spacial score (nSPS) is 17.8. The Morgan fingerprint density at radius 2 is 2.14 bits per heavy atom. The van der Waals surface area contributed by atoms with Crippen LogP contribution in [0.25, 0.3) is 0 Å². The summed E-state index contributed by atoms with van der Waals surface area (Å²) in [5, 5.41) is 6.59. The van der Waals surface area contributed by atoms with Crippen molar-refractivity contribution in [3.05, 3.63) is 57.3 Å². The van der Waals surface area contributed by atoms with Gasteiger partial charge in [-0.05, 0) is 59.4 Å². The summed E-state index contributed by atoms with van der Waals surface area (Å²) in [5.74, 6) is -0.376. The van der Waals surface area contributed by atoms with Crippen LogP contribution in [-0.4, -0.2) is 17.7 Å². The van der Waals surface area contributed by atoms with Crippen LogP contribution < -0.4 is 10.6 Å². The summed E-state index contributed by atoms with van der Waals surface area (Å²) < 4.78 is 6.30. The number of benzene rings is 1. The van der Waals surface area contributed by atoms with Crippen molar-refractivity contribution in [3.63, 3.8) is 0 Å². The molecule has 0 amide bonds. The van der Waals surface area contributed by atoms with E-state index in [1.807, 2.05) is 31.2 Å². The van der Waals surface area contributed by atoms with E-state index >= 15 is 0 Å². The van der Waals surface area contributed by atoms with E-state index < -0.39 is 0 Å². The van der Waals surface area contributed by atoms with Gasteiger partial charge in [0.25, 0.3) is 0 Å². The number of nitrogens with one attached hydrogen (secondary N) is 2. The van der Waals surface area contributed by atoms with E-state index in [-0.39, 0.29) is 18.6 Å². The summed E-state index contributed by atoms with van der Waals surface area (Å²) in [5.41, 5.74) is 2.20. The summed E-state index contributed by atoms with van der Waals surface area (Å²) in [4.78, 5) is 12.3. The van der Waals surface area contributed by atoms with Crippen LogP contribution in [0.4, 0.5) is 0 Å². The molecule has 1 atom stereocenters. The molecule has 6 heteroatoms. The predicted octanol–water partition coefficient (Wildman–Crippen LogP) is 2.81. The molecule has 1 aliphatic heterocycles. The predicted molar refractivity (Wildman–Crippen MR) is 94.6 cm³/mol. The Balaban J connectivity index is 2.37. The molecule has 0 aliphatic carbocycles. The monoisotopic (exact) mass is 414 g/mol. The topological polar surface area (TPSA) is 50.4 Å². The molecule has 4 nitrogen and oxygen atoms in total. The number of ether oxygens (including phenoxy) is 1. The Morgan fingerprint density at radius 3 is 2.76 bits per heavy atom. The van der Waals surface area contributed by atoms with Crippen molar-refractivity contribution in [1.82, 2.24) is 10.6 Å². The third-order valence-electron chi connectivity index (χ3n) is 3.02. The van der Waals surface area contributed by atoms with Crippen LogP contribution in [0.5, 0.6) is 0 Å². The van der Waals surface area contributed by atoms with Gasteiger partial charge in [-0.15, -0.1) is 0 Å². The molecule has 0 fully saturated rings. The fourth-order valence-corrected chi connectivity index (χ4v) is 2.71. The second kappa shape index (κ2) is 7.04. The number of carbonyl (C=O) groups excluding carboxylic acids is 1. The number of rotatable bonds is 4. The minimum atomic E-state index is -0.376. The summed E-state index contributed by atoms with van der Waals surface area (Å²) >= 11 is 7.43. The first-order valence-corrected chi connectivity index (χ1v) is 7.83. The zero-order valence-electron chi connectivity index (χ0n) is 11.5. The Kier molecular flexibility index (Phi) is 5.35. The van der Waals surface area contributed by atoms with E-state index in [2.05, 4.69) is 39.8 Å². The summed E-state index contributed by atoms with van der Waals surface area (Å²) in [7, 11) is 0. The van der Waals surface area contributed by atoms with Gasteiger partial charge in [-0.2, -0.15) is 0 Å². The van der Waals surface area contributed by atoms with Gasteiger partial charge in [-0.3, -0.25) is 0 Å². The molecule has 0 saturated carbocycles. The second-order valence-electron chi connectivity index (χ2n) is 4.51. The maximum absolute atomic E-state index is 12.3. The number of esters is 1. The molecule has 1 aliphatic rings. The molecule has 1 unspecified atom stereocenters. The molecule has 2 N–H and O–H groups in total. The van der Waals surface area contributed by atoms with Gasteiger partial charge in [-0.25, -0.2) is 4.79 Å². The van der Waals surface area contributed by atoms with E-state index in [9.17, 15) is 4.79 Å². The van der Waals surface area contributed by atoms with Gasteiger partial charge in [0.1, 0.15) is 6.61 Å². The van der Waals surface area contributed by atoms with Crippen LogP contribution in [-0.2, 0) is 9.53 Å². The molecule has 0 spiro atoms. The molecular formula is C15H15IN2O2S. The molecular weight excluding hydrogens is 399 g/mol. The van der Waals surface area contributed by atoms with Gasteiger partial charge in [-0.1, -0.05) is 24.8 Å². The van der Waals surface area contributed by atoms with Crippen molar-refractivity contribution < 1.29 is 9.53 Å². The highest BCUT2D eigenvalue weighted by Crippen LogP contribution is 2.28. The lowest BCUT2D eigenvalue weighted by Crippen LogP contribution is -2.45. The lowest BCUT2D eigenvalue weighted by molar-refractivity contribution is -0.138. The number of hydrogen-bond donors (Lipinski definition) is 2. The zero-order chi connectivity index (χ0) is 15.4. The third kappa shape index (κ3) is 3.82. The van der Waals surface area contributed by atoms with E-state index in [4.69, 9.17) is 17.0 Å². The molecule has 0 radical (unpaired) electrons. The highest BCUT2D eigenvalue weighted by atomic mass is 127. The third-order valence-corrected chi connectivity index (χ3v) is 3.96. The Labute approximate surface area is 142 Å². The van der Waals surface area contributed by atoms with Crippen molar-refractivity contribution >= 4 is 45.9 Å². The number of allylic oxidation sites excluding steroid dienone is 1. The first kappa shape index (κ1) is 16.0. The molecule has 21 heavy (non-hydrogen) atoms. The zero-order valence-corrected chi connectivity index (χ0v) is 14.5. The highest BCUT2D eigenvalue weighted by molar-refractivity contribution is 14.1. The van der Waals surface area contributed by atoms with Crippen LogP contribution in [0.1, 0.15) is 18.5 Å². The van der Waals surface area contributed by atoms with Gasteiger partial charge in [0, 0.05) is 9.27 Å². The molecule has 110 valence electrons. The molecule has 0 bridgehead atoms. The summed E-state index contributed by atoms with van der Waals surface area (Å²) in [6, 6.07) is 7.62. The molecule has 1 heterocycles. The lowest BCUT2D eigenvalue weighted by atomic mass is 9.96. The molecule has 2 rings (SSSR count). The van der Waals surface area contributed by atoms with Crippen molar-refractivity contribution in [2.45, 2.75) is 13.0 Å². The number of halogens is 1. The average molecular weight is 414 g/mol. The summed E-state index contributed by atoms with van der Waals surface area (Å²) in [6.07, 6.45) is 1.54. The fraction of sp³-hybridized carbons (Fsp3) is 0.200. The first-order chi connectivity index (χ1) is 10.0. The molecule has 0 aromatic heterocycles. The number of thiocarbonyl (C=S) groups is 1. The van der Waals surface area contributed by atoms with Crippen molar-refractivity contribution in [2.75, 3.05) is 6.61 Å². The Hall–Kier alpha value is -1.41. The van der Waals surface area contributed by atoms with E-state index in [0.717, 1.165) is 9.13 Å². The van der Waals surface area contributed by atoms with Crippen LogP contribution in [0, 0.1) is 3.57 Å². The standard InChI is InChI=1S/C15H15IN2O2S/c1-3-8-20-14(19)12-9(2)17-15(21)18-13(12)10-4-6-11(16)7-5-10/h3-7,13H,1,8H2,2H3,(H2,17,18,21). The maximum atomic E-state index is 12.3. The minimum Gasteiger partial charge on any atom is -0.458 e. The van der Waals surface area contributed by atoms with Crippen LogP contribution in [0.15, 0.2) is 48.2 Å². The quantitative estimate of drug-likeness (QED) is 0.344. The highest BCUT2D eigenvalue weighted by Gasteiger charge is 2.30. The average Bonchev–Trinajstić information content (AvgIpc) is 2.44. The van der Waals surface area contributed by atoms with Crippen LogP contribution in [0.2, 0.25) is 0 Å². The SMILES string of the molecule is C=CCOC(=O)C1=C(C)NC(=S)NC1c1ccc(I)cc1. The van der Waals surface area contributed by atoms with Crippen molar-refractivity contribution in [3.8, 4) is 0 Å². The summed E-state index contributed by atoms with van der Waals surface area (Å²) in [6.45, 7) is 5.55. The number of carbonyl (C=O) groups is 1. The maximum Gasteiger partial charge on any atom is 0.338 e. The molecule has 1 aromatic rings. The van der Waals surface area contributed by atoms with Gasteiger partial charge < -0.3 is 15.4 Å². The van der Waals surface area contributed by atoms with Crippen LogP contribution >= 0.6 is 34.8 Å². The van der Waals surface area contributed by atoms with Crippen molar-refractivity contribution in [1.29, 1.82) is 0 Å². The van der Waals surface area contributed by atoms with E-state index in [1.165, 1.54) is 0 Å². The second-order valence-corrected chi connectivity index (χ2v) is 6.16. The fourth-order valence-electron chi connectivity index (χ4n) is 2.08. The Bertz CT molecular complexity index is 611. The van der Waals surface area contributed by atoms with Crippen LogP contribution in [0.3, 0.4) is 0 Å². The van der Waals surface area contributed by atoms with Gasteiger partial charge in [0.2, 0.25) is 0 Å². The smallest absolute Gasteiger partial charge is 0.338 e. The Morgan fingerprint density at radius 1 is 1.48 bits per heavy atom. The van der Waals surface area contributed by atoms with Crippen molar-refractivity contribution in [2.24, 2.45) is 0 Å². The van der Waals surface area contributed by atoms with Gasteiger partial charge >= 0.3 is 5.97 Å². The first-order valence-electron chi connectivity index (χ1n) is 6.34. The molecule has 1 aromatic carbocycles. The van der Waals surface area contributed by atoms with Gasteiger partial charge in [0.05, 0.1) is 11.6 Å². The number of hydrogen-bond acceptors (Lipinski definition) is 3. The van der Waals surface area contributed by atoms with E-state index in [0.29, 0.717) is 16.4 Å². The molecule has 0 saturated heterocycles. The van der Waals surface area contributed by atoms with E-state index in [1.54, 1.807) is 6.08 Å². The minimum absolute atomic E-state index is 0.180. The lowest BCUT2D eigenvalue weighted by Gasteiger charge is -2.29. The van der Waals surface area contributed by atoms with Gasteiger partial charge in [0.15, 0.2) is 5.11 Å².